The Kier molecular flexibility index (Phi) is 2.73. The molecule has 0 radical (unpaired) electrons. The average molecular weight is 191 g/mol. The van der Waals surface area contributed by atoms with Crippen molar-refractivity contribution in [3.63, 3.8) is 0 Å². The van der Waals surface area contributed by atoms with Gasteiger partial charge in [0.25, 0.3) is 0 Å². The molecule has 1 aromatic carbocycles. The number of hydrogen-bond donors (Lipinski definition) is 1. The lowest BCUT2D eigenvalue weighted by molar-refractivity contribution is 0.339. The molecule has 0 saturated carbocycles. The van der Waals surface area contributed by atoms with Crippen LogP contribution in [0.5, 0.6) is 5.75 Å². The highest BCUT2D eigenvalue weighted by Crippen LogP contribution is 2.30. The van der Waals surface area contributed by atoms with E-state index in [2.05, 4.69) is 12.1 Å². The molecule has 76 valence electrons. The Morgan fingerprint density at radius 3 is 3.14 bits per heavy atom. The Bertz CT molecular complexity index is 322. The van der Waals surface area contributed by atoms with Crippen LogP contribution in [0.15, 0.2) is 18.2 Å². The predicted octanol–water partition coefficient (Wildman–Crippen LogP) is 2.42. The van der Waals surface area contributed by atoms with Gasteiger partial charge in [-0.05, 0) is 49.4 Å². The van der Waals surface area contributed by atoms with Crippen LogP contribution in [0.1, 0.15) is 36.9 Å². The number of hydrogen-bond acceptors (Lipinski definition) is 2. The van der Waals surface area contributed by atoms with Gasteiger partial charge in [0.2, 0.25) is 0 Å². The molecule has 2 rings (SSSR count). The van der Waals surface area contributed by atoms with Gasteiger partial charge in [-0.25, -0.2) is 0 Å². The van der Waals surface area contributed by atoms with Crippen LogP contribution in [0.25, 0.3) is 0 Å². The fourth-order valence-corrected chi connectivity index (χ4v) is 2.07. The van der Waals surface area contributed by atoms with Gasteiger partial charge in [0.15, 0.2) is 0 Å². The molecule has 0 bridgehead atoms. The molecule has 0 fully saturated rings. The standard InChI is InChI=1S/C12H17NO/c1-2-14-10-7-6-9-4-3-5-12(13)11(9)8-10/h6-8,12H,2-5,13H2,1H3/t12-/m1/s1. The maximum absolute atomic E-state index is 6.06. The lowest BCUT2D eigenvalue weighted by atomic mass is 9.88. The van der Waals surface area contributed by atoms with E-state index < -0.39 is 0 Å². The van der Waals surface area contributed by atoms with Crippen molar-refractivity contribution in [2.24, 2.45) is 5.73 Å². The molecule has 2 heteroatoms. The van der Waals surface area contributed by atoms with Gasteiger partial charge in [-0.15, -0.1) is 0 Å². The van der Waals surface area contributed by atoms with Crippen molar-refractivity contribution < 1.29 is 4.74 Å². The van der Waals surface area contributed by atoms with Crippen LogP contribution < -0.4 is 10.5 Å². The van der Waals surface area contributed by atoms with Gasteiger partial charge < -0.3 is 10.5 Å². The maximum atomic E-state index is 6.06. The van der Waals surface area contributed by atoms with Crippen LogP contribution >= 0.6 is 0 Å². The number of ether oxygens (including phenoxy) is 1. The molecule has 14 heavy (non-hydrogen) atoms. The molecule has 1 aliphatic carbocycles. The van der Waals surface area contributed by atoms with Crippen molar-refractivity contribution in [2.75, 3.05) is 6.61 Å². The topological polar surface area (TPSA) is 35.2 Å². The van der Waals surface area contributed by atoms with E-state index >= 15 is 0 Å². The van der Waals surface area contributed by atoms with Crippen molar-refractivity contribution in [1.82, 2.24) is 0 Å². The van der Waals surface area contributed by atoms with E-state index in [-0.39, 0.29) is 6.04 Å². The average Bonchev–Trinajstić information content (AvgIpc) is 2.20. The number of rotatable bonds is 2. The summed E-state index contributed by atoms with van der Waals surface area (Å²) < 4.78 is 5.46. The summed E-state index contributed by atoms with van der Waals surface area (Å²) in [5.74, 6) is 0.948. The van der Waals surface area contributed by atoms with Crippen LogP contribution in [0, 0.1) is 0 Å². The van der Waals surface area contributed by atoms with Crippen LogP contribution in [-0.2, 0) is 6.42 Å². The highest BCUT2D eigenvalue weighted by Gasteiger charge is 2.16. The van der Waals surface area contributed by atoms with Gasteiger partial charge in [-0.3, -0.25) is 0 Å². The first-order valence-electron chi connectivity index (χ1n) is 5.32. The third kappa shape index (κ3) is 1.75. The molecule has 0 aliphatic heterocycles. The van der Waals surface area contributed by atoms with E-state index in [0.717, 1.165) is 18.6 Å². The summed E-state index contributed by atoms with van der Waals surface area (Å²) in [6.45, 7) is 2.72. The van der Waals surface area contributed by atoms with Gasteiger partial charge in [0, 0.05) is 6.04 Å². The zero-order chi connectivity index (χ0) is 9.97. The molecule has 1 aromatic rings. The summed E-state index contributed by atoms with van der Waals surface area (Å²) in [5, 5.41) is 0. The van der Waals surface area contributed by atoms with Gasteiger partial charge in [-0.1, -0.05) is 6.07 Å². The number of nitrogens with two attached hydrogens (primary N) is 1. The smallest absolute Gasteiger partial charge is 0.119 e. The molecule has 2 N–H and O–H groups in total. The molecule has 1 aliphatic rings. The second kappa shape index (κ2) is 4.01. The zero-order valence-electron chi connectivity index (χ0n) is 8.62. The maximum Gasteiger partial charge on any atom is 0.119 e. The molecule has 0 saturated heterocycles. The second-order valence-corrected chi connectivity index (χ2v) is 3.79. The normalized spacial score (nSPS) is 20.3. The highest BCUT2D eigenvalue weighted by atomic mass is 16.5. The minimum atomic E-state index is 0.208. The molecule has 0 spiro atoms. The summed E-state index contributed by atoms with van der Waals surface area (Å²) >= 11 is 0. The number of benzene rings is 1. The highest BCUT2D eigenvalue weighted by molar-refractivity contribution is 5.39. The minimum Gasteiger partial charge on any atom is -0.494 e. The largest absolute Gasteiger partial charge is 0.494 e. The Morgan fingerprint density at radius 2 is 2.36 bits per heavy atom. The number of fused-ring (bicyclic) bond motifs is 1. The predicted molar refractivity (Wildman–Crippen MR) is 57.5 cm³/mol. The summed E-state index contributed by atoms with van der Waals surface area (Å²) in [5.41, 5.74) is 8.73. The van der Waals surface area contributed by atoms with Crippen LogP contribution in [0.2, 0.25) is 0 Å². The fourth-order valence-electron chi connectivity index (χ4n) is 2.07. The quantitative estimate of drug-likeness (QED) is 0.779. The lowest BCUT2D eigenvalue weighted by Gasteiger charge is -2.22. The first-order chi connectivity index (χ1) is 6.81. The van der Waals surface area contributed by atoms with Crippen LogP contribution in [0.3, 0.4) is 0 Å². The molecular formula is C12H17NO. The molecule has 0 amide bonds. The first kappa shape index (κ1) is 9.53. The molecule has 2 nitrogen and oxygen atoms in total. The van der Waals surface area contributed by atoms with E-state index in [1.54, 1.807) is 0 Å². The Hall–Kier alpha value is -1.02. The van der Waals surface area contributed by atoms with E-state index in [1.165, 1.54) is 17.5 Å². The van der Waals surface area contributed by atoms with E-state index in [0.29, 0.717) is 6.61 Å². The Morgan fingerprint density at radius 1 is 1.50 bits per heavy atom. The summed E-state index contributed by atoms with van der Waals surface area (Å²) in [6, 6.07) is 6.50. The van der Waals surface area contributed by atoms with Crippen molar-refractivity contribution in [3.05, 3.63) is 29.3 Å². The van der Waals surface area contributed by atoms with E-state index in [4.69, 9.17) is 10.5 Å². The van der Waals surface area contributed by atoms with Crippen molar-refractivity contribution in [2.45, 2.75) is 32.2 Å². The number of aryl methyl sites for hydroxylation is 1. The lowest BCUT2D eigenvalue weighted by Crippen LogP contribution is -2.17. The van der Waals surface area contributed by atoms with Gasteiger partial charge >= 0.3 is 0 Å². The molecule has 0 unspecified atom stereocenters. The molecule has 0 heterocycles. The van der Waals surface area contributed by atoms with Gasteiger partial charge in [0.05, 0.1) is 6.61 Å². The molecular weight excluding hydrogens is 174 g/mol. The van der Waals surface area contributed by atoms with Crippen molar-refractivity contribution in [3.8, 4) is 5.75 Å². The van der Waals surface area contributed by atoms with Gasteiger partial charge in [-0.2, -0.15) is 0 Å². The minimum absolute atomic E-state index is 0.208. The zero-order valence-corrected chi connectivity index (χ0v) is 8.62. The summed E-state index contributed by atoms with van der Waals surface area (Å²) in [4.78, 5) is 0. The SMILES string of the molecule is CCOc1ccc2c(c1)[C@H](N)CCC2. The molecule has 1 atom stereocenters. The molecule has 0 aromatic heterocycles. The Labute approximate surface area is 85.1 Å². The summed E-state index contributed by atoms with van der Waals surface area (Å²) in [6.07, 6.45) is 3.47. The van der Waals surface area contributed by atoms with E-state index in [1.807, 2.05) is 13.0 Å². The third-order valence-corrected chi connectivity index (χ3v) is 2.79. The van der Waals surface area contributed by atoms with E-state index in [9.17, 15) is 0 Å². The summed E-state index contributed by atoms with van der Waals surface area (Å²) in [7, 11) is 0. The monoisotopic (exact) mass is 191 g/mol. The second-order valence-electron chi connectivity index (χ2n) is 3.79. The first-order valence-corrected chi connectivity index (χ1v) is 5.32. The van der Waals surface area contributed by atoms with Crippen molar-refractivity contribution in [1.29, 1.82) is 0 Å². The van der Waals surface area contributed by atoms with Crippen molar-refractivity contribution >= 4 is 0 Å². The fraction of sp³-hybridized carbons (Fsp3) is 0.500. The Balaban J connectivity index is 2.31. The van der Waals surface area contributed by atoms with Gasteiger partial charge in [0.1, 0.15) is 5.75 Å². The van der Waals surface area contributed by atoms with Crippen LogP contribution in [0.4, 0.5) is 0 Å². The third-order valence-electron chi connectivity index (χ3n) is 2.79. The van der Waals surface area contributed by atoms with Crippen LogP contribution in [-0.4, -0.2) is 6.61 Å².